The summed E-state index contributed by atoms with van der Waals surface area (Å²) in [5.74, 6) is 1.37. The molecular formula is C12H17ClN4S. The van der Waals surface area contributed by atoms with Crippen LogP contribution in [0.5, 0.6) is 0 Å². The lowest BCUT2D eigenvalue weighted by atomic mass is 10.4. The number of alkyl halides is 1. The van der Waals surface area contributed by atoms with E-state index in [1.54, 1.807) is 11.8 Å². The van der Waals surface area contributed by atoms with Crippen molar-refractivity contribution in [1.29, 1.82) is 0 Å². The quantitative estimate of drug-likeness (QED) is 0.625. The summed E-state index contributed by atoms with van der Waals surface area (Å²) in [4.78, 5) is 4.38. The molecule has 0 saturated carbocycles. The lowest BCUT2D eigenvalue weighted by Gasteiger charge is -2.05. The van der Waals surface area contributed by atoms with E-state index in [1.807, 2.05) is 29.4 Å². The van der Waals surface area contributed by atoms with Crippen LogP contribution in [0.15, 0.2) is 17.4 Å². The summed E-state index contributed by atoms with van der Waals surface area (Å²) in [6.45, 7) is 5.02. The molecule has 18 heavy (non-hydrogen) atoms. The molecule has 0 spiro atoms. The number of halogens is 1. The van der Waals surface area contributed by atoms with Gasteiger partial charge in [0, 0.05) is 25.0 Å². The molecule has 0 fully saturated rings. The van der Waals surface area contributed by atoms with E-state index in [0.29, 0.717) is 5.88 Å². The Kier molecular flexibility index (Phi) is 4.35. The number of imidazole rings is 1. The van der Waals surface area contributed by atoms with Crippen molar-refractivity contribution in [3.05, 3.63) is 29.3 Å². The number of rotatable bonds is 5. The van der Waals surface area contributed by atoms with E-state index in [4.69, 9.17) is 11.6 Å². The van der Waals surface area contributed by atoms with E-state index in [1.165, 1.54) is 5.69 Å². The Bertz CT molecular complexity index is 532. The van der Waals surface area contributed by atoms with Crippen molar-refractivity contribution in [2.45, 2.75) is 37.2 Å². The minimum Gasteiger partial charge on any atom is -0.325 e. The zero-order chi connectivity index (χ0) is 13.1. The molecule has 0 N–H and O–H groups in total. The Morgan fingerprint density at radius 1 is 1.39 bits per heavy atom. The SMILES string of the molecule is CCn1nc(C)cc1CSc1ncc(CCl)n1C. The fourth-order valence-corrected chi connectivity index (χ4v) is 3.01. The molecule has 2 aromatic rings. The molecule has 0 aliphatic rings. The van der Waals surface area contributed by atoms with Crippen LogP contribution in [0.3, 0.4) is 0 Å². The largest absolute Gasteiger partial charge is 0.325 e. The normalized spacial score (nSPS) is 11.1. The summed E-state index contributed by atoms with van der Waals surface area (Å²) >= 11 is 7.54. The molecule has 0 unspecified atom stereocenters. The fourth-order valence-electron chi connectivity index (χ4n) is 1.81. The summed E-state index contributed by atoms with van der Waals surface area (Å²) in [6.07, 6.45) is 1.83. The maximum absolute atomic E-state index is 5.83. The summed E-state index contributed by atoms with van der Waals surface area (Å²) in [5.41, 5.74) is 3.34. The topological polar surface area (TPSA) is 35.6 Å². The summed E-state index contributed by atoms with van der Waals surface area (Å²) in [5, 5.41) is 5.43. The van der Waals surface area contributed by atoms with Gasteiger partial charge in [-0.2, -0.15) is 5.10 Å². The standard InChI is InChI=1S/C12H17ClN4S/c1-4-17-10(5-9(2)15-17)8-18-12-14-7-11(6-13)16(12)3/h5,7H,4,6,8H2,1-3H3. The van der Waals surface area contributed by atoms with E-state index in [9.17, 15) is 0 Å². The summed E-state index contributed by atoms with van der Waals surface area (Å²) in [7, 11) is 2.00. The van der Waals surface area contributed by atoms with Crippen LogP contribution >= 0.6 is 23.4 Å². The zero-order valence-corrected chi connectivity index (χ0v) is 12.4. The first-order chi connectivity index (χ1) is 8.65. The fraction of sp³-hybridized carbons (Fsp3) is 0.500. The van der Waals surface area contributed by atoms with Crippen LogP contribution in [-0.2, 0) is 25.2 Å². The molecule has 98 valence electrons. The van der Waals surface area contributed by atoms with Crippen molar-refractivity contribution in [3.8, 4) is 0 Å². The highest BCUT2D eigenvalue weighted by molar-refractivity contribution is 7.98. The summed E-state index contributed by atoms with van der Waals surface area (Å²) < 4.78 is 4.07. The molecule has 2 heterocycles. The number of hydrogen-bond acceptors (Lipinski definition) is 3. The Labute approximate surface area is 116 Å². The molecule has 2 rings (SSSR count). The van der Waals surface area contributed by atoms with Crippen molar-refractivity contribution in [3.63, 3.8) is 0 Å². The second-order valence-corrected chi connectivity index (χ2v) is 5.32. The molecule has 0 saturated heterocycles. The Morgan fingerprint density at radius 2 is 2.17 bits per heavy atom. The molecule has 0 amide bonds. The molecule has 0 aromatic carbocycles. The van der Waals surface area contributed by atoms with Gasteiger partial charge < -0.3 is 4.57 Å². The zero-order valence-electron chi connectivity index (χ0n) is 10.9. The van der Waals surface area contributed by atoms with E-state index < -0.39 is 0 Å². The number of aromatic nitrogens is 4. The molecular weight excluding hydrogens is 268 g/mol. The van der Waals surface area contributed by atoms with E-state index in [-0.39, 0.29) is 0 Å². The maximum atomic E-state index is 5.83. The number of nitrogens with zero attached hydrogens (tertiary/aromatic N) is 4. The van der Waals surface area contributed by atoms with Gasteiger partial charge in [0.05, 0.1) is 23.5 Å². The van der Waals surface area contributed by atoms with Gasteiger partial charge in [-0.1, -0.05) is 11.8 Å². The van der Waals surface area contributed by atoms with Crippen molar-refractivity contribution >= 4 is 23.4 Å². The van der Waals surface area contributed by atoms with Crippen LogP contribution < -0.4 is 0 Å². The van der Waals surface area contributed by atoms with Crippen LogP contribution in [0.2, 0.25) is 0 Å². The average Bonchev–Trinajstić information content (AvgIpc) is 2.89. The Hall–Kier alpha value is -0.940. The van der Waals surface area contributed by atoms with Crippen molar-refractivity contribution in [1.82, 2.24) is 19.3 Å². The van der Waals surface area contributed by atoms with Gasteiger partial charge in [-0.25, -0.2) is 4.98 Å². The molecule has 0 aliphatic carbocycles. The molecule has 0 bridgehead atoms. The third-order valence-corrected chi connectivity index (χ3v) is 4.16. The van der Waals surface area contributed by atoms with E-state index >= 15 is 0 Å². The number of aryl methyl sites for hydroxylation is 2. The average molecular weight is 285 g/mol. The van der Waals surface area contributed by atoms with E-state index in [2.05, 4.69) is 23.1 Å². The van der Waals surface area contributed by atoms with Crippen LogP contribution in [0.4, 0.5) is 0 Å². The predicted octanol–water partition coefficient (Wildman–Crippen LogP) is 2.98. The monoisotopic (exact) mass is 284 g/mol. The highest BCUT2D eigenvalue weighted by atomic mass is 35.5. The van der Waals surface area contributed by atoms with Crippen molar-refractivity contribution in [2.75, 3.05) is 0 Å². The number of hydrogen-bond donors (Lipinski definition) is 0. The van der Waals surface area contributed by atoms with Crippen molar-refractivity contribution in [2.24, 2.45) is 7.05 Å². The smallest absolute Gasteiger partial charge is 0.168 e. The number of thioether (sulfide) groups is 1. The molecule has 2 aromatic heterocycles. The minimum absolute atomic E-state index is 0.496. The minimum atomic E-state index is 0.496. The van der Waals surface area contributed by atoms with Crippen LogP contribution in [0, 0.1) is 6.92 Å². The van der Waals surface area contributed by atoms with Crippen LogP contribution in [0.1, 0.15) is 24.0 Å². The Morgan fingerprint density at radius 3 is 2.78 bits per heavy atom. The molecule has 0 aliphatic heterocycles. The first-order valence-corrected chi connectivity index (χ1v) is 7.40. The molecule has 4 nitrogen and oxygen atoms in total. The van der Waals surface area contributed by atoms with Gasteiger partial charge in [0.2, 0.25) is 0 Å². The van der Waals surface area contributed by atoms with Gasteiger partial charge in [-0.15, -0.1) is 11.6 Å². The van der Waals surface area contributed by atoms with Crippen molar-refractivity contribution < 1.29 is 0 Å². The second-order valence-electron chi connectivity index (χ2n) is 4.11. The van der Waals surface area contributed by atoms with Gasteiger partial charge in [0.25, 0.3) is 0 Å². The first kappa shape index (κ1) is 13.5. The third kappa shape index (κ3) is 2.72. The highest BCUT2D eigenvalue weighted by Crippen LogP contribution is 2.23. The highest BCUT2D eigenvalue weighted by Gasteiger charge is 2.09. The molecule has 0 atom stereocenters. The van der Waals surface area contributed by atoms with Crippen LogP contribution in [-0.4, -0.2) is 19.3 Å². The van der Waals surface area contributed by atoms with E-state index in [0.717, 1.165) is 28.8 Å². The lowest BCUT2D eigenvalue weighted by molar-refractivity contribution is 0.631. The molecule has 6 heteroatoms. The Balaban J connectivity index is 2.08. The first-order valence-electron chi connectivity index (χ1n) is 5.88. The predicted molar refractivity (Wildman–Crippen MR) is 75.0 cm³/mol. The van der Waals surface area contributed by atoms with Crippen LogP contribution in [0.25, 0.3) is 0 Å². The van der Waals surface area contributed by atoms with Gasteiger partial charge in [-0.05, 0) is 19.9 Å². The third-order valence-electron chi connectivity index (χ3n) is 2.81. The molecule has 0 radical (unpaired) electrons. The second kappa shape index (κ2) is 5.80. The van der Waals surface area contributed by atoms with Gasteiger partial charge in [-0.3, -0.25) is 4.68 Å². The summed E-state index contributed by atoms with van der Waals surface area (Å²) in [6, 6.07) is 2.13. The lowest BCUT2D eigenvalue weighted by Crippen LogP contribution is -2.02. The maximum Gasteiger partial charge on any atom is 0.168 e. The van der Waals surface area contributed by atoms with Gasteiger partial charge in [0.15, 0.2) is 5.16 Å². The van der Waals surface area contributed by atoms with Gasteiger partial charge in [0.1, 0.15) is 0 Å². The van der Waals surface area contributed by atoms with Gasteiger partial charge >= 0.3 is 0 Å².